The second kappa shape index (κ2) is 43.4. The Morgan fingerprint density at radius 3 is 1.96 bits per heavy atom. The summed E-state index contributed by atoms with van der Waals surface area (Å²) < 4.78 is 60.4. The number of carbonyl (C=O) groups is 8. The second-order valence-electron chi connectivity index (χ2n) is 24.8. The van der Waals surface area contributed by atoms with Gasteiger partial charge in [0.15, 0.2) is 18.7 Å². The van der Waals surface area contributed by atoms with Gasteiger partial charge in [0, 0.05) is 48.8 Å². The maximum atomic E-state index is 15.2. The quantitative estimate of drug-likeness (QED) is 0.0145. The summed E-state index contributed by atoms with van der Waals surface area (Å²) in [7, 11) is -4.67. The van der Waals surface area contributed by atoms with E-state index in [0.717, 1.165) is 64.4 Å². The predicted octanol–water partition coefficient (Wildman–Crippen LogP) is -7.86. The monoisotopic (exact) mass is 1580 g/mol. The number of nitrogens with zero attached hydrogens (tertiary/aromatic N) is 5. The van der Waals surface area contributed by atoms with Gasteiger partial charge in [-0.25, -0.2) is 29.7 Å². The van der Waals surface area contributed by atoms with E-state index >= 15 is 4.79 Å². The minimum atomic E-state index is -4.67. The number of nitrogen functional groups attached to an aromatic ring is 1. The third kappa shape index (κ3) is 27.6. The third-order valence-electron chi connectivity index (χ3n) is 16.5. The Morgan fingerprint density at radius 2 is 1.36 bits per heavy atom. The van der Waals surface area contributed by atoms with E-state index in [4.69, 9.17) is 69.9 Å². The van der Waals surface area contributed by atoms with Crippen LogP contribution < -0.4 is 71.2 Å². The van der Waals surface area contributed by atoms with Crippen LogP contribution in [-0.2, 0) is 64.5 Å². The Morgan fingerprint density at radius 1 is 0.729 bits per heavy atom. The van der Waals surface area contributed by atoms with Crippen LogP contribution in [0.25, 0.3) is 10.7 Å². The van der Waals surface area contributed by atoms with Crippen LogP contribution in [-0.4, -0.2) is 293 Å². The summed E-state index contributed by atoms with van der Waals surface area (Å²) in [4.78, 5) is 131. The fourth-order valence-electron chi connectivity index (χ4n) is 10.5. The van der Waals surface area contributed by atoms with Crippen LogP contribution in [0.2, 0.25) is 0 Å². The van der Waals surface area contributed by atoms with Crippen LogP contribution >= 0.6 is 22.7 Å². The van der Waals surface area contributed by atoms with Crippen molar-refractivity contribution in [2.24, 2.45) is 28.9 Å². The lowest BCUT2D eigenvalue weighted by Gasteiger charge is -2.47. The minimum absolute atomic E-state index is 0.0112. The standard InChI is InChI=1S/C60H95N19O21S2.H2O4S/c1-6-7-11-66-12-8-13-67-14-9-15-69-53(91)32-22-102-57(75-32)33-23-101-37(74-33)10-16-70-54(92)39(28(5)82)77-52(90)26(3)41(84)27(4)73-56(94)40(78-55(93)38-25(2)49(63)79-51(76-38)30(17-36(62)83)71-18-29(61)50(64)89)46(31-19-68-24-72-31)98-59-48(44(87)42(85)34(20-80)97-59)99-58-45(88)47(100-60(65)95)43(86)35(21-81)96-58;1-5(2,3)4/h19,22-24,26-30,34-35,39-48,58-59,66-67,71,80-82,84-88H,6-18,20-21,61H2,1-5H3,(H2,62,83)(H2,64,89)(H2,65,95)(H,68,72)(H,69,91)(H,70,92)(H,73,94)(H,77,90)(H,78,93)(H2,63,76,79);(H2,1,2,3,4)/t26-,27+,28+,29-,30-,34?,35?,39-,40-,41-,42?,43?,44?,45?,46-,47?,48?,58?,59?;/m0./s1. The van der Waals surface area contributed by atoms with Crippen molar-refractivity contribution in [2.45, 2.75) is 183 Å². The molecule has 2 aliphatic heterocycles. The van der Waals surface area contributed by atoms with Gasteiger partial charge in [0.2, 0.25) is 29.5 Å². The average Bonchev–Trinajstić information content (AvgIpc) is 1.13. The largest absolute Gasteiger partial charge is 0.441 e. The number of aromatic amines is 1. The molecule has 0 aliphatic carbocycles. The van der Waals surface area contributed by atoms with Crippen LogP contribution in [0.3, 0.4) is 0 Å². The summed E-state index contributed by atoms with van der Waals surface area (Å²) in [6, 6.07) is -7.86. The lowest BCUT2D eigenvalue weighted by molar-refractivity contribution is -0.372. The summed E-state index contributed by atoms with van der Waals surface area (Å²) in [6.45, 7) is 8.84. The number of hydrogen-bond acceptors (Lipinski definition) is 35. The summed E-state index contributed by atoms with van der Waals surface area (Å²) >= 11 is 2.52. The number of carbonyl (C=O) groups excluding carboxylic acids is 8. The normalized spacial score (nSPS) is 22.7. The number of aliphatic hydroxyl groups is 8. The first kappa shape index (κ1) is 89.8. The molecule has 4 aromatic heterocycles. The molecule has 2 aliphatic rings. The second-order valence-corrected chi connectivity index (χ2v) is 27.5. The molecular formula is C60H97N19O25S3. The lowest BCUT2D eigenvalue weighted by atomic mass is 9.96. The van der Waals surface area contributed by atoms with Crippen molar-refractivity contribution >= 4 is 86.3 Å². The Hall–Kier alpha value is -7.86. The van der Waals surface area contributed by atoms with Crippen LogP contribution in [0.1, 0.15) is 115 Å². The highest BCUT2D eigenvalue weighted by atomic mass is 32.3. The molecule has 8 amide bonds. The van der Waals surface area contributed by atoms with E-state index in [0.29, 0.717) is 22.3 Å². The van der Waals surface area contributed by atoms with Crippen LogP contribution in [0, 0.1) is 12.8 Å². The number of unbranched alkanes of at least 4 members (excludes halogenated alkanes) is 1. The van der Waals surface area contributed by atoms with Crippen LogP contribution in [0.4, 0.5) is 10.6 Å². The number of ether oxygens (including phenoxy) is 5. The molecule has 6 rings (SSSR count). The van der Waals surface area contributed by atoms with E-state index in [-0.39, 0.29) is 54.0 Å². The molecule has 107 heavy (non-hydrogen) atoms. The summed E-state index contributed by atoms with van der Waals surface area (Å²) in [5.74, 6) is -8.71. The molecule has 0 spiro atoms. The van der Waals surface area contributed by atoms with Gasteiger partial charge in [0.05, 0.1) is 72.7 Å². The van der Waals surface area contributed by atoms with Gasteiger partial charge in [-0.1, -0.05) is 20.3 Å². The minimum Gasteiger partial charge on any atom is -0.441 e. The van der Waals surface area contributed by atoms with Crippen molar-refractivity contribution in [3.63, 3.8) is 0 Å². The molecule has 2 fully saturated rings. The number of rotatable bonds is 42. The molecule has 0 saturated carbocycles. The lowest BCUT2D eigenvalue weighted by Crippen LogP contribution is -2.65. The zero-order chi connectivity index (χ0) is 79.6. The maximum absolute atomic E-state index is 15.2. The van der Waals surface area contributed by atoms with Gasteiger partial charge >= 0.3 is 16.5 Å². The average molecular weight is 1580 g/mol. The van der Waals surface area contributed by atoms with Crippen molar-refractivity contribution in [3.8, 4) is 10.7 Å². The Labute approximate surface area is 620 Å². The number of aliphatic hydroxyl groups excluding tert-OH is 8. The molecule has 0 radical (unpaired) electrons. The molecule has 44 nitrogen and oxygen atoms in total. The highest BCUT2D eigenvalue weighted by Crippen LogP contribution is 2.35. The van der Waals surface area contributed by atoms with Crippen molar-refractivity contribution in [3.05, 3.63) is 56.8 Å². The Balaban J connectivity index is 0.00000397. The van der Waals surface area contributed by atoms with E-state index in [2.05, 4.69) is 79.4 Å². The van der Waals surface area contributed by atoms with Gasteiger partial charge < -0.3 is 141 Å². The zero-order valence-corrected chi connectivity index (χ0v) is 61.3. The molecule has 47 heteroatoms. The SMILES string of the molecule is CCCCNCCCNCCCNC(=O)c1csc(-c2csc(CCNC(=O)[C@@H](NC(=O)[C@@H](C)[C@H](O)[C@@H](C)NC(=O)[C@@H](NC(=O)c3nc([C@H](CC(N)=O)NC[C@H](N)C(N)=O)nc(N)c3C)[C@@H](OC3OC(CO)C(O)C(O)C3OC3OC(CO)C(O)C(OC(N)=O)C3O)c3cnc[nH]3)[C@@H](C)O)n2)n1.O=S(=O)(O)O. The van der Waals surface area contributed by atoms with Crippen molar-refractivity contribution < 1.29 is 120 Å². The number of hydrogen-bond donors (Lipinski definition) is 24. The van der Waals surface area contributed by atoms with Crippen molar-refractivity contribution in [1.82, 2.24) is 72.4 Å². The number of nitrogens with one attached hydrogen (secondary N) is 9. The number of H-pyrrole nitrogens is 1. The Kier molecular flexibility index (Phi) is 36.4. The van der Waals surface area contributed by atoms with Crippen LogP contribution in [0.5, 0.6) is 0 Å². The third-order valence-corrected chi connectivity index (χ3v) is 18.3. The number of anilines is 1. The molecular weight excluding hydrogens is 1480 g/mol. The van der Waals surface area contributed by atoms with Gasteiger partial charge in [0.1, 0.15) is 94.6 Å². The van der Waals surface area contributed by atoms with E-state index < -0.39 is 193 Å². The number of primary amides is 3. The number of imidazole rings is 1. The van der Waals surface area contributed by atoms with E-state index in [9.17, 15) is 74.4 Å². The van der Waals surface area contributed by atoms with Crippen LogP contribution in [0.15, 0.2) is 23.3 Å². The molecule has 6 heterocycles. The molecule has 0 aromatic carbocycles. The van der Waals surface area contributed by atoms with Gasteiger partial charge in [-0.2, -0.15) is 8.42 Å². The molecule has 29 N–H and O–H groups in total. The summed E-state index contributed by atoms with van der Waals surface area (Å²) in [6.07, 6.45) is -21.1. The molecule has 2 saturated heterocycles. The van der Waals surface area contributed by atoms with Gasteiger partial charge in [-0.05, 0) is 66.2 Å². The first-order valence-corrected chi connectivity index (χ1v) is 36.7. The number of nitrogens with two attached hydrogens (primary N) is 5. The molecule has 0 bridgehead atoms. The predicted molar refractivity (Wildman–Crippen MR) is 374 cm³/mol. The molecule has 10 unspecified atom stereocenters. The molecule has 600 valence electrons. The summed E-state index contributed by atoms with van der Waals surface area (Å²) in [5.41, 5.74) is 28.1. The van der Waals surface area contributed by atoms with E-state index in [1.807, 2.05) is 0 Å². The molecule has 4 aromatic rings. The highest BCUT2D eigenvalue weighted by molar-refractivity contribution is 7.79. The fourth-order valence-corrected chi connectivity index (χ4v) is 12.2. The number of thiazole rings is 2. The fraction of sp³-hybridized carbons (Fsp3) is 0.650. The van der Waals surface area contributed by atoms with Gasteiger partial charge in [-0.3, -0.25) is 42.7 Å². The van der Waals surface area contributed by atoms with Gasteiger partial charge in [0.25, 0.3) is 11.8 Å². The maximum Gasteiger partial charge on any atom is 0.404 e. The summed E-state index contributed by atoms with van der Waals surface area (Å²) in [5, 5.41) is 115. The van der Waals surface area contributed by atoms with Gasteiger partial charge in [-0.15, -0.1) is 22.7 Å². The first-order chi connectivity index (χ1) is 50.5. The number of aromatic nitrogens is 6. The Bertz CT molecular complexity index is 3640. The van der Waals surface area contributed by atoms with E-state index in [1.54, 1.807) is 10.8 Å². The van der Waals surface area contributed by atoms with E-state index in [1.165, 1.54) is 50.4 Å². The smallest absolute Gasteiger partial charge is 0.404 e. The zero-order valence-electron chi connectivity index (χ0n) is 58.8. The highest BCUT2D eigenvalue weighted by Gasteiger charge is 2.54. The molecule has 19 atom stereocenters. The topological polar surface area (TPSA) is 726 Å². The first-order valence-electron chi connectivity index (χ1n) is 33.6. The van der Waals surface area contributed by atoms with Crippen molar-refractivity contribution in [2.75, 3.05) is 64.8 Å². The van der Waals surface area contributed by atoms with Crippen molar-refractivity contribution in [1.29, 1.82) is 0 Å². The number of amides is 8.